The van der Waals surface area contributed by atoms with Gasteiger partial charge in [-0.15, -0.1) is 0 Å². The highest BCUT2D eigenvalue weighted by molar-refractivity contribution is 7.89. The van der Waals surface area contributed by atoms with Crippen LogP contribution in [-0.4, -0.2) is 37.2 Å². The van der Waals surface area contributed by atoms with E-state index in [9.17, 15) is 17.6 Å². The molecule has 0 aliphatic rings. The van der Waals surface area contributed by atoms with Gasteiger partial charge in [0.25, 0.3) is 0 Å². The van der Waals surface area contributed by atoms with Gasteiger partial charge in [0.15, 0.2) is 0 Å². The topological polar surface area (TPSA) is 104 Å². The van der Waals surface area contributed by atoms with E-state index in [0.29, 0.717) is 0 Å². The number of carboxylic acid groups (broad SMARTS) is 1. The normalized spacial score (nSPS) is 13.3. The molecule has 3 N–H and O–H groups in total. The molecule has 1 atom stereocenters. The Morgan fingerprint density at radius 3 is 2.56 bits per heavy atom. The molecule has 0 aliphatic carbocycles. The second-order valence-corrected chi connectivity index (χ2v) is 5.39. The SMILES string of the molecule is O=C(O)C(CO)NS(=O)(=O)c1ccc(F)c(Cl)c1. The van der Waals surface area contributed by atoms with Crippen LogP contribution in [0.3, 0.4) is 0 Å². The molecule has 1 rings (SSSR count). The smallest absolute Gasteiger partial charge is 0.324 e. The lowest BCUT2D eigenvalue weighted by Crippen LogP contribution is -2.43. The lowest BCUT2D eigenvalue weighted by Gasteiger charge is -2.12. The molecule has 0 fully saturated rings. The maximum atomic E-state index is 12.9. The Hall–Kier alpha value is -1.22. The first-order valence-electron chi connectivity index (χ1n) is 4.59. The van der Waals surface area contributed by atoms with Crippen molar-refractivity contribution in [2.75, 3.05) is 6.61 Å². The molecule has 0 saturated heterocycles. The van der Waals surface area contributed by atoms with Crippen LogP contribution in [0.2, 0.25) is 5.02 Å². The van der Waals surface area contributed by atoms with Gasteiger partial charge in [0, 0.05) is 0 Å². The minimum atomic E-state index is -4.20. The lowest BCUT2D eigenvalue weighted by molar-refractivity contribution is -0.139. The number of sulfonamides is 1. The Bertz CT molecular complexity index is 562. The molecule has 0 radical (unpaired) electrons. The maximum absolute atomic E-state index is 12.9. The van der Waals surface area contributed by atoms with Gasteiger partial charge in [-0.2, -0.15) is 4.72 Å². The number of rotatable bonds is 5. The van der Waals surface area contributed by atoms with Crippen LogP contribution in [0, 0.1) is 5.82 Å². The largest absolute Gasteiger partial charge is 0.480 e. The van der Waals surface area contributed by atoms with Crippen LogP contribution >= 0.6 is 11.6 Å². The number of aliphatic carboxylic acids is 1. The molecule has 1 aromatic rings. The first kappa shape index (κ1) is 14.8. The van der Waals surface area contributed by atoms with E-state index in [2.05, 4.69) is 0 Å². The molecule has 0 aliphatic heterocycles. The molecule has 9 heteroatoms. The van der Waals surface area contributed by atoms with E-state index >= 15 is 0 Å². The molecular formula is C9H9ClFNO5S. The number of hydrogen-bond acceptors (Lipinski definition) is 4. The summed E-state index contributed by atoms with van der Waals surface area (Å²) in [5.41, 5.74) is 0. The van der Waals surface area contributed by atoms with Crippen LogP contribution < -0.4 is 4.72 Å². The molecular weight excluding hydrogens is 289 g/mol. The van der Waals surface area contributed by atoms with Crippen LogP contribution in [0.5, 0.6) is 0 Å². The Kier molecular flexibility index (Phi) is 4.63. The van der Waals surface area contributed by atoms with Crippen molar-refractivity contribution < 1.29 is 27.8 Å². The number of nitrogens with one attached hydrogen (secondary N) is 1. The molecule has 0 heterocycles. The lowest BCUT2D eigenvalue weighted by atomic mass is 10.3. The molecule has 1 aromatic carbocycles. The van der Waals surface area contributed by atoms with Crippen molar-refractivity contribution in [3.8, 4) is 0 Å². The number of benzene rings is 1. The van der Waals surface area contributed by atoms with Gasteiger partial charge in [0.05, 0.1) is 16.5 Å². The van der Waals surface area contributed by atoms with E-state index < -0.39 is 44.4 Å². The molecule has 6 nitrogen and oxygen atoms in total. The number of halogens is 2. The monoisotopic (exact) mass is 297 g/mol. The predicted molar refractivity (Wildman–Crippen MR) is 60.2 cm³/mol. The number of carboxylic acids is 1. The van der Waals surface area contributed by atoms with Gasteiger partial charge in [-0.3, -0.25) is 4.79 Å². The van der Waals surface area contributed by atoms with Gasteiger partial charge in [-0.05, 0) is 18.2 Å². The summed E-state index contributed by atoms with van der Waals surface area (Å²) >= 11 is 5.42. The van der Waals surface area contributed by atoms with Crippen LogP contribution in [0.25, 0.3) is 0 Å². The van der Waals surface area contributed by atoms with Crippen LogP contribution in [0.15, 0.2) is 23.1 Å². The average molecular weight is 298 g/mol. The van der Waals surface area contributed by atoms with Crippen LogP contribution in [-0.2, 0) is 14.8 Å². The molecule has 100 valence electrons. The third kappa shape index (κ3) is 3.39. The third-order valence-electron chi connectivity index (χ3n) is 1.98. The summed E-state index contributed by atoms with van der Waals surface area (Å²) in [5, 5.41) is 16.9. The standard InChI is InChI=1S/C9H9ClFNO5S/c10-6-3-5(1-2-7(6)11)18(16,17)12-8(4-13)9(14)15/h1-3,8,12-13H,4H2,(H,14,15). The number of carbonyl (C=O) groups is 1. The fourth-order valence-electron chi connectivity index (χ4n) is 1.07. The maximum Gasteiger partial charge on any atom is 0.324 e. The second-order valence-electron chi connectivity index (χ2n) is 3.27. The summed E-state index contributed by atoms with van der Waals surface area (Å²) < 4.78 is 38.0. The number of aliphatic hydroxyl groups is 1. The van der Waals surface area contributed by atoms with E-state index in [-0.39, 0.29) is 0 Å². The Labute approximate surface area is 107 Å². The fraction of sp³-hybridized carbons (Fsp3) is 0.222. The van der Waals surface area contributed by atoms with E-state index in [1.165, 1.54) is 0 Å². The molecule has 1 unspecified atom stereocenters. The predicted octanol–water partition coefficient (Wildman–Crippen LogP) is 0.203. The van der Waals surface area contributed by atoms with E-state index in [4.69, 9.17) is 21.8 Å². The number of hydrogen-bond donors (Lipinski definition) is 3. The summed E-state index contributed by atoms with van der Waals surface area (Å²) in [6.07, 6.45) is 0. The molecule has 0 aromatic heterocycles. The number of aliphatic hydroxyl groups excluding tert-OH is 1. The van der Waals surface area contributed by atoms with Crippen molar-refractivity contribution in [1.82, 2.24) is 4.72 Å². The van der Waals surface area contributed by atoms with Crippen molar-refractivity contribution in [3.63, 3.8) is 0 Å². The minimum absolute atomic E-state index is 0.395. The highest BCUT2D eigenvalue weighted by Crippen LogP contribution is 2.19. The third-order valence-corrected chi connectivity index (χ3v) is 3.74. The summed E-state index contributed by atoms with van der Waals surface area (Å²) in [6.45, 7) is -0.913. The van der Waals surface area contributed by atoms with Gasteiger partial charge in [0.1, 0.15) is 11.9 Å². The van der Waals surface area contributed by atoms with E-state index in [0.717, 1.165) is 18.2 Å². The van der Waals surface area contributed by atoms with E-state index in [1.54, 1.807) is 4.72 Å². The van der Waals surface area contributed by atoms with E-state index in [1.807, 2.05) is 0 Å². The summed E-state index contributed by atoms with van der Waals surface area (Å²) in [4.78, 5) is 10.2. The Morgan fingerprint density at radius 2 is 2.11 bits per heavy atom. The zero-order valence-electron chi connectivity index (χ0n) is 8.80. The molecule has 0 amide bonds. The van der Waals surface area contributed by atoms with Crippen molar-refractivity contribution in [3.05, 3.63) is 29.0 Å². The van der Waals surface area contributed by atoms with Crippen LogP contribution in [0.4, 0.5) is 4.39 Å². The average Bonchev–Trinajstić information content (AvgIpc) is 2.29. The molecule has 18 heavy (non-hydrogen) atoms. The van der Waals surface area contributed by atoms with Gasteiger partial charge in [-0.1, -0.05) is 11.6 Å². The Morgan fingerprint density at radius 1 is 1.50 bits per heavy atom. The molecule has 0 spiro atoms. The molecule has 0 saturated carbocycles. The first-order valence-corrected chi connectivity index (χ1v) is 6.45. The molecule has 0 bridgehead atoms. The Balaban J connectivity index is 3.06. The zero-order valence-corrected chi connectivity index (χ0v) is 10.4. The highest BCUT2D eigenvalue weighted by atomic mass is 35.5. The zero-order chi connectivity index (χ0) is 13.9. The van der Waals surface area contributed by atoms with Gasteiger partial charge < -0.3 is 10.2 Å². The second kappa shape index (κ2) is 5.61. The minimum Gasteiger partial charge on any atom is -0.480 e. The fourth-order valence-corrected chi connectivity index (χ4v) is 2.52. The van der Waals surface area contributed by atoms with Gasteiger partial charge >= 0.3 is 5.97 Å². The van der Waals surface area contributed by atoms with Gasteiger partial charge in [0.2, 0.25) is 10.0 Å². The van der Waals surface area contributed by atoms with Crippen molar-refractivity contribution in [2.45, 2.75) is 10.9 Å². The first-order chi connectivity index (χ1) is 8.27. The van der Waals surface area contributed by atoms with Gasteiger partial charge in [-0.25, -0.2) is 12.8 Å². The van der Waals surface area contributed by atoms with Crippen molar-refractivity contribution >= 4 is 27.6 Å². The van der Waals surface area contributed by atoms with Crippen LogP contribution in [0.1, 0.15) is 0 Å². The summed E-state index contributed by atoms with van der Waals surface area (Å²) in [7, 11) is -4.20. The van der Waals surface area contributed by atoms with Crippen molar-refractivity contribution in [1.29, 1.82) is 0 Å². The highest BCUT2D eigenvalue weighted by Gasteiger charge is 2.25. The quantitative estimate of drug-likeness (QED) is 0.720. The van der Waals surface area contributed by atoms with Crippen molar-refractivity contribution in [2.24, 2.45) is 0 Å². The summed E-state index contributed by atoms with van der Waals surface area (Å²) in [5.74, 6) is -2.33. The summed E-state index contributed by atoms with van der Waals surface area (Å²) in [6, 6.07) is 0.930.